The quantitative estimate of drug-likeness (QED) is 0.449. The molecule has 1 aliphatic carbocycles. The summed E-state index contributed by atoms with van der Waals surface area (Å²) in [4.78, 5) is 0. The molecule has 0 fully saturated rings. The molecule has 6 heteroatoms. The third-order valence-electron chi connectivity index (χ3n) is 5.95. The van der Waals surface area contributed by atoms with Crippen LogP contribution in [0.3, 0.4) is 0 Å². The smallest absolute Gasteiger partial charge is 0.165 e. The zero-order chi connectivity index (χ0) is 23.0. The Hall–Kier alpha value is -2.96. The summed E-state index contributed by atoms with van der Waals surface area (Å²) < 4.78 is 38.4. The Kier molecular flexibility index (Phi) is 7.92. The summed E-state index contributed by atoms with van der Waals surface area (Å²) >= 11 is 0. The van der Waals surface area contributed by atoms with Gasteiger partial charge in [-0.2, -0.15) is 0 Å². The SMILES string of the molecule is O[C@@H]1c2ccc(OCc3ccccc3)c(OCc3ccccc3)c2CC[C@H]1NC(CF)CF. The first-order chi connectivity index (χ1) is 16.2. The van der Waals surface area contributed by atoms with Crippen molar-refractivity contribution in [3.05, 3.63) is 95.1 Å². The average Bonchev–Trinajstić information content (AvgIpc) is 2.87. The van der Waals surface area contributed by atoms with Crippen LogP contribution in [-0.2, 0) is 19.6 Å². The van der Waals surface area contributed by atoms with Crippen LogP contribution >= 0.6 is 0 Å². The zero-order valence-corrected chi connectivity index (χ0v) is 18.4. The second-order valence-electron chi connectivity index (χ2n) is 8.27. The van der Waals surface area contributed by atoms with Crippen LogP contribution in [0.1, 0.15) is 34.8 Å². The van der Waals surface area contributed by atoms with Crippen LogP contribution in [0.4, 0.5) is 8.78 Å². The van der Waals surface area contributed by atoms with Crippen molar-refractivity contribution in [2.45, 2.75) is 44.2 Å². The highest BCUT2D eigenvalue weighted by Gasteiger charge is 2.32. The van der Waals surface area contributed by atoms with E-state index in [1.807, 2.05) is 66.7 Å². The molecule has 3 aromatic carbocycles. The van der Waals surface area contributed by atoms with Crippen LogP contribution < -0.4 is 14.8 Å². The van der Waals surface area contributed by atoms with E-state index < -0.39 is 31.5 Å². The molecule has 0 saturated heterocycles. The second-order valence-corrected chi connectivity index (χ2v) is 8.27. The maximum absolute atomic E-state index is 13.0. The van der Waals surface area contributed by atoms with Crippen molar-refractivity contribution in [2.75, 3.05) is 13.3 Å². The van der Waals surface area contributed by atoms with E-state index in [4.69, 9.17) is 9.47 Å². The molecule has 0 spiro atoms. The van der Waals surface area contributed by atoms with E-state index in [-0.39, 0.29) is 0 Å². The average molecular weight is 454 g/mol. The van der Waals surface area contributed by atoms with Crippen molar-refractivity contribution >= 4 is 0 Å². The van der Waals surface area contributed by atoms with Crippen LogP contribution in [0.25, 0.3) is 0 Å². The minimum Gasteiger partial charge on any atom is -0.485 e. The van der Waals surface area contributed by atoms with E-state index in [2.05, 4.69) is 5.32 Å². The number of hydrogen-bond donors (Lipinski definition) is 2. The predicted octanol–water partition coefficient (Wildman–Crippen LogP) is 5.09. The first kappa shape index (κ1) is 23.2. The lowest BCUT2D eigenvalue weighted by Crippen LogP contribution is -2.46. The molecular weight excluding hydrogens is 424 g/mol. The molecule has 1 aliphatic rings. The number of halogens is 2. The predicted molar refractivity (Wildman–Crippen MR) is 124 cm³/mol. The van der Waals surface area contributed by atoms with E-state index in [1.165, 1.54) is 0 Å². The minimum atomic E-state index is -0.909. The molecule has 0 unspecified atom stereocenters. The Morgan fingerprint density at radius 1 is 0.848 bits per heavy atom. The second kappa shape index (κ2) is 11.3. The lowest BCUT2D eigenvalue weighted by Gasteiger charge is -2.34. The summed E-state index contributed by atoms with van der Waals surface area (Å²) in [5, 5.41) is 13.9. The van der Waals surface area contributed by atoms with Crippen molar-refractivity contribution in [3.63, 3.8) is 0 Å². The van der Waals surface area contributed by atoms with Gasteiger partial charge in [0, 0.05) is 11.6 Å². The molecule has 2 atom stereocenters. The molecule has 0 aromatic heterocycles. The number of rotatable bonds is 10. The highest BCUT2D eigenvalue weighted by Crippen LogP contribution is 2.42. The fourth-order valence-electron chi connectivity index (χ4n) is 4.18. The first-order valence-corrected chi connectivity index (χ1v) is 11.2. The molecule has 0 radical (unpaired) electrons. The molecule has 33 heavy (non-hydrogen) atoms. The first-order valence-electron chi connectivity index (χ1n) is 11.2. The Labute approximate surface area is 193 Å². The van der Waals surface area contributed by atoms with Crippen molar-refractivity contribution < 1.29 is 23.4 Å². The molecule has 0 amide bonds. The van der Waals surface area contributed by atoms with Gasteiger partial charge in [-0.15, -0.1) is 0 Å². The summed E-state index contributed by atoms with van der Waals surface area (Å²) in [6.07, 6.45) is 0.243. The Morgan fingerprint density at radius 3 is 2.06 bits per heavy atom. The molecule has 0 heterocycles. The molecule has 174 valence electrons. The Morgan fingerprint density at radius 2 is 1.45 bits per heavy atom. The van der Waals surface area contributed by atoms with Gasteiger partial charge in [0.05, 0.1) is 12.1 Å². The van der Waals surface area contributed by atoms with Gasteiger partial charge in [-0.1, -0.05) is 66.7 Å². The van der Waals surface area contributed by atoms with Gasteiger partial charge in [0.25, 0.3) is 0 Å². The Balaban J connectivity index is 1.59. The number of nitrogens with one attached hydrogen (secondary N) is 1. The minimum absolute atomic E-state index is 0.364. The van der Waals surface area contributed by atoms with E-state index in [9.17, 15) is 13.9 Å². The van der Waals surface area contributed by atoms with E-state index >= 15 is 0 Å². The molecule has 2 N–H and O–H groups in total. The number of aliphatic hydroxyl groups excluding tert-OH is 1. The lowest BCUT2D eigenvalue weighted by atomic mass is 9.84. The van der Waals surface area contributed by atoms with Gasteiger partial charge in [-0.3, -0.25) is 0 Å². The van der Waals surface area contributed by atoms with Gasteiger partial charge in [-0.25, -0.2) is 8.78 Å². The van der Waals surface area contributed by atoms with Crippen LogP contribution in [0.5, 0.6) is 11.5 Å². The van der Waals surface area contributed by atoms with Gasteiger partial charge in [0.2, 0.25) is 0 Å². The van der Waals surface area contributed by atoms with Gasteiger partial charge in [-0.05, 0) is 35.6 Å². The van der Waals surface area contributed by atoms with E-state index in [1.54, 1.807) is 6.07 Å². The largest absolute Gasteiger partial charge is 0.485 e. The van der Waals surface area contributed by atoms with Gasteiger partial charge in [0.15, 0.2) is 11.5 Å². The molecule has 0 bridgehead atoms. The monoisotopic (exact) mass is 453 g/mol. The Bertz CT molecular complexity index is 1010. The molecule has 3 aromatic rings. The number of ether oxygens (including phenoxy) is 2. The van der Waals surface area contributed by atoms with Crippen molar-refractivity contribution in [3.8, 4) is 11.5 Å². The number of hydrogen-bond acceptors (Lipinski definition) is 4. The summed E-state index contributed by atoms with van der Waals surface area (Å²) in [5.41, 5.74) is 3.63. The summed E-state index contributed by atoms with van der Waals surface area (Å²) in [5.74, 6) is 1.22. The van der Waals surface area contributed by atoms with E-state index in [0.717, 1.165) is 16.7 Å². The normalized spacial score (nSPS) is 17.6. The summed E-state index contributed by atoms with van der Waals surface area (Å²) in [6, 6.07) is 22.0. The van der Waals surface area contributed by atoms with Gasteiger partial charge < -0.3 is 19.9 Å². The molecule has 4 rings (SSSR count). The lowest BCUT2D eigenvalue weighted by molar-refractivity contribution is 0.100. The fourth-order valence-corrected chi connectivity index (χ4v) is 4.18. The van der Waals surface area contributed by atoms with Crippen LogP contribution in [0.15, 0.2) is 72.8 Å². The topological polar surface area (TPSA) is 50.7 Å². The number of benzene rings is 3. The third kappa shape index (κ3) is 5.70. The fraction of sp³-hybridized carbons (Fsp3) is 0.333. The van der Waals surface area contributed by atoms with Crippen LogP contribution in [-0.4, -0.2) is 30.5 Å². The summed E-state index contributed by atoms with van der Waals surface area (Å²) in [6.45, 7) is -0.875. The molecule has 4 nitrogen and oxygen atoms in total. The van der Waals surface area contributed by atoms with Gasteiger partial charge >= 0.3 is 0 Å². The van der Waals surface area contributed by atoms with Crippen LogP contribution in [0, 0.1) is 0 Å². The maximum atomic E-state index is 13.0. The molecular formula is C27H29F2NO3. The van der Waals surface area contributed by atoms with Crippen molar-refractivity contribution in [1.29, 1.82) is 0 Å². The zero-order valence-electron chi connectivity index (χ0n) is 18.4. The summed E-state index contributed by atoms with van der Waals surface area (Å²) in [7, 11) is 0. The van der Waals surface area contributed by atoms with Crippen molar-refractivity contribution in [1.82, 2.24) is 5.32 Å². The number of fused-ring (bicyclic) bond motifs is 1. The van der Waals surface area contributed by atoms with Crippen molar-refractivity contribution in [2.24, 2.45) is 0 Å². The number of alkyl halides is 2. The van der Waals surface area contributed by atoms with E-state index in [0.29, 0.717) is 43.1 Å². The van der Waals surface area contributed by atoms with Gasteiger partial charge in [0.1, 0.15) is 26.6 Å². The van der Waals surface area contributed by atoms with Crippen LogP contribution in [0.2, 0.25) is 0 Å². The molecule has 0 aliphatic heterocycles. The maximum Gasteiger partial charge on any atom is 0.165 e. The highest BCUT2D eigenvalue weighted by atomic mass is 19.1. The highest BCUT2D eigenvalue weighted by molar-refractivity contribution is 5.53. The number of aliphatic hydroxyl groups is 1. The standard InChI is InChI=1S/C27H29F2NO3/c28-15-21(16-29)30-24-13-11-23-22(26(24)31)12-14-25(32-17-19-7-3-1-4-8-19)27(23)33-18-20-9-5-2-6-10-20/h1-10,12,14,21,24,26,30-31H,11,13,15-18H2/t24-,26-/m1/s1. The third-order valence-corrected chi connectivity index (χ3v) is 5.95. The molecule has 0 saturated carbocycles.